The van der Waals surface area contributed by atoms with Gasteiger partial charge < -0.3 is 16.6 Å². The Kier molecular flexibility index (Phi) is 4.95. The quantitative estimate of drug-likeness (QED) is 0.531. The number of hydrogen-bond donors (Lipinski definition) is 3. The van der Waals surface area contributed by atoms with Crippen molar-refractivity contribution in [2.45, 2.75) is 38.6 Å². The van der Waals surface area contributed by atoms with Crippen molar-refractivity contribution in [3.8, 4) is 0 Å². The Labute approximate surface area is 79.3 Å². The zero-order valence-electron chi connectivity index (χ0n) is 8.42. The Bertz CT molecular complexity index is 171. The van der Waals surface area contributed by atoms with Gasteiger partial charge in [0.15, 0.2) is 0 Å². The lowest BCUT2D eigenvalue weighted by atomic mass is 9.83. The van der Waals surface area contributed by atoms with E-state index in [-0.39, 0.29) is 5.92 Å². The van der Waals surface area contributed by atoms with Crippen LogP contribution in [0.25, 0.3) is 0 Å². The van der Waals surface area contributed by atoms with Crippen molar-refractivity contribution in [1.82, 2.24) is 0 Å². The lowest BCUT2D eigenvalue weighted by Gasteiger charge is -2.28. The van der Waals surface area contributed by atoms with Crippen molar-refractivity contribution in [2.24, 2.45) is 17.4 Å². The van der Waals surface area contributed by atoms with Crippen molar-refractivity contribution >= 4 is 5.97 Å². The zero-order chi connectivity index (χ0) is 10.5. The van der Waals surface area contributed by atoms with Gasteiger partial charge in [0.25, 0.3) is 0 Å². The molecule has 0 saturated carbocycles. The maximum Gasteiger partial charge on any atom is 0.323 e. The molecule has 0 fully saturated rings. The molecule has 13 heavy (non-hydrogen) atoms. The Morgan fingerprint density at radius 2 is 2.00 bits per heavy atom. The third kappa shape index (κ3) is 3.32. The van der Waals surface area contributed by atoms with Crippen LogP contribution in [0, 0.1) is 5.92 Å². The van der Waals surface area contributed by atoms with E-state index in [4.69, 9.17) is 16.6 Å². The van der Waals surface area contributed by atoms with Gasteiger partial charge in [-0.1, -0.05) is 13.8 Å². The lowest BCUT2D eigenvalue weighted by Crippen LogP contribution is -2.52. The third-order valence-electron chi connectivity index (χ3n) is 2.47. The van der Waals surface area contributed by atoms with E-state index in [9.17, 15) is 4.79 Å². The maximum atomic E-state index is 10.9. The van der Waals surface area contributed by atoms with E-state index in [2.05, 4.69) is 0 Å². The minimum atomic E-state index is -1.09. The van der Waals surface area contributed by atoms with Crippen LogP contribution in [0.2, 0.25) is 0 Å². The molecule has 5 N–H and O–H groups in total. The molecule has 0 heterocycles. The van der Waals surface area contributed by atoms with Crippen molar-refractivity contribution in [2.75, 3.05) is 6.54 Å². The fraction of sp³-hybridized carbons (Fsp3) is 0.889. The fourth-order valence-corrected chi connectivity index (χ4v) is 1.20. The van der Waals surface area contributed by atoms with Crippen molar-refractivity contribution in [1.29, 1.82) is 0 Å². The number of carbonyl (C=O) groups is 1. The number of nitrogens with two attached hydrogens (primary N) is 2. The summed E-state index contributed by atoms with van der Waals surface area (Å²) in [5.74, 6) is -0.970. The summed E-state index contributed by atoms with van der Waals surface area (Å²) in [6.07, 6.45) is 2.10. The molecule has 0 bridgehead atoms. The number of unbranched alkanes of at least 4 members (excludes halogenated alkanes) is 1. The van der Waals surface area contributed by atoms with Crippen molar-refractivity contribution in [3.05, 3.63) is 0 Å². The van der Waals surface area contributed by atoms with Gasteiger partial charge in [-0.25, -0.2) is 0 Å². The Hall–Kier alpha value is -0.610. The van der Waals surface area contributed by atoms with Crippen LogP contribution >= 0.6 is 0 Å². The van der Waals surface area contributed by atoms with Gasteiger partial charge in [-0.3, -0.25) is 4.79 Å². The highest BCUT2D eigenvalue weighted by molar-refractivity contribution is 5.78. The summed E-state index contributed by atoms with van der Waals surface area (Å²) >= 11 is 0. The summed E-state index contributed by atoms with van der Waals surface area (Å²) < 4.78 is 0. The molecule has 4 heteroatoms. The van der Waals surface area contributed by atoms with Crippen LogP contribution < -0.4 is 11.5 Å². The second kappa shape index (κ2) is 5.19. The van der Waals surface area contributed by atoms with Gasteiger partial charge in [0.2, 0.25) is 0 Å². The summed E-state index contributed by atoms with van der Waals surface area (Å²) in [4.78, 5) is 10.9. The van der Waals surface area contributed by atoms with E-state index in [1.54, 1.807) is 0 Å². The smallest absolute Gasteiger partial charge is 0.323 e. The molecule has 0 aromatic rings. The molecule has 0 aliphatic carbocycles. The van der Waals surface area contributed by atoms with Crippen LogP contribution in [-0.2, 0) is 4.79 Å². The summed E-state index contributed by atoms with van der Waals surface area (Å²) in [7, 11) is 0. The molecule has 0 saturated heterocycles. The van der Waals surface area contributed by atoms with Crippen LogP contribution in [-0.4, -0.2) is 23.2 Å². The number of aliphatic carboxylic acids is 1. The monoisotopic (exact) mass is 188 g/mol. The Balaban J connectivity index is 4.17. The zero-order valence-corrected chi connectivity index (χ0v) is 8.42. The molecule has 0 aromatic carbocycles. The van der Waals surface area contributed by atoms with Gasteiger partial charge in [0.1, 0.15) is 5.54 Å². The first kappa shape index (κ1) is 12.4. The van der Waals surface area contributed by atoms with Crippen LogP contribution in [0.1, 0.15) is 33.1 Å². The normalized spacial score (nSPS) is 15.8. The predicted molar refractivity (Wildman–Crippen MR) is 52.3 cm³/mol. The van der Waals surface area contributed by atoms with E-state index in [0.29, 0.717) is 13.0 Å². The van der Waals surface area contributed by atoms with Gasteiger partial charge >= 0.3 is 5.97 Å². The molecule has 0 radical (unpaired) electrons. The molecular weight excluding hydrogens is 168 g/mol. The van der Waals surface area contributed by atoms with E-state index in [1.807, 2.05) is 13.8 Å². The van der Waals surface area contributed by atoms with Crippen LogP contribution in [0.3, 0.4) is 0 Å². The summed E-state index contributed by atoms with van der Waals surface area (Å²) in [6.45, 7) is 4.25. The Morgan fingerprint density at radius 1 is 1.46 bits per heavy atom. The number of rotatable bonds is 6. The molecule has 0 spiro atoms. The second-order valence-electron chi connectivity index (χ2n) is 3.75. The van der Waals surface area contributed by atoms with Gasteiger partial charge in [-0.15, -0.1) is 0 Å². The minimum absolute atomic E-state index is 0.0530. The van der Waals surface area contributed by atoms with Gasteiger partial charge in [-0.2, -0.15) is 0 Å². The Morgan fingerprint density at radius 3 is 2.31 bits per heavy atom. The van der Waals surface area contributed by atoms with E-state index in [1.165, 1.54) is 0 Å². The van der Waals surface area contributed by atoms with Gasteiger partial charge in [0.05, 0.1) is 0 Å². The summed E-state index contributed by atoms with van der Waals surface area (Å²) in [5.41, 5.74) is 10.0. The highest BCUT2D eigenvalue weighted by Crippen LogP contribution is 2.20. The number of carboxylic acid groups (broad SMARTS) is 1. The van der Waals surface area contributed by atoms with Gasteiger partial charge in [0, 0.05) is 0 Å². The van der Waals surface area contributed by atoms with Crippen LogP contribution in [0.4, 0.5) is 0 Å². The van der Waals surface area contributed by atoms with Crippen molar-refractivity contribution in [3.63, 3.8) is 0 Å². The topological polar surface area (TPSA) is 89.3 Å². The number of hydrogen-bond acceptors (Lipinski definition) is 3. The molecular formula is C9H20N2O2. The molecule has 0 unspecified atom stereocenters. The molecule has 78 valence electrons. The molecule has 0 amide bonds. The second-order valence-corrected chi connectivity index (χ2v) is 3.75. The van der Waals surface area contributed by atoms with Gasteiger partial charge in [-0.05, 0) is 31.7 Å². The average molecular weight is 188 g/mol. The molecule has 0 aliphatic heterocycles. The molecule has 0 aliphatic rings. The predicted octanol–water partition coefficient (Wildman–Crippen LogP) is 0.554. The highest BCUT2D eigenvalue weighted by Gasteiger charge is 2.36. The molecule has 4 nitrogen and oxygen atoms in total. The SMILES string of the molecule is CC(C)[C@@](N)(CCCCN)C(=O)O. The molecule has 1 atom stereocenters. The fourth-order valence-electron chi connectivity index (χ4n) is 1.20. The summed E-state index contributed by atoms with van der Waals surface area (Å²) in [5, 5.41) is 8.95. The van der Waals surface area contributed by atoms with E-state index >= 15 is 0 Å². The first-order chi connectivity index (χ1) is 5.95. The standard InChI is InChI=1S/C9H20N2O2/c1-7(2)9(11,8(12)13)5-3-4-6-10/h7H,3-6,10-11H2,1-2H3,(H,12,13)/t9-/m0/s1. The van der Waals surface area contributed by atoms with E-state index < -0.39 is 11.5 Å². The van der Waals surface area contributed by atoms with E-state index in [0.717, 1.165) is 12.8 Å². The maximum absolute atomic E-state index is 10.9. The summed E-state index contributed by atoms with van der Waals surface area (Å²) in [6, 6.07) is 0. The lowest BCUT2D eigenvalue weighted by molar-refractivity contribution is -0.145. The largest absolute Gasteiger partial charge is 0.480 e. The van der Waals surface area contributed by atoms with Crippen LogP contribution in [0.5, 0.6) is 0 Å². The molecule has 0 aromatic heterocycles. The highest BCUT2D eigenvalue weighted by atomic mass is 16.4. The molecule has 0 rings (SSSR count). The average Bonchev–Trinajstić information content (AvgIpc) is 2.03. The first-order valence-electron chi connectivity index (χ1n) is 4.67. The third-order valence-corrected chi connectivity index (χ3v) is 2.47. The van der Waals surface area contributed by atoms with Crippen molar-refractivity contribution < 1.29 is 9.90 Å². The first-order valence-corrected chi connectivity index (χ1v) is 4.67. The number of carboxylic acids is 1. The van der Waals surface area contributed by atoms with Crippen LogP contribution in [0.15, 0.2) is 0 Å². The minimum Gasteiger partial charge on any atom is -0.480 e.